The van der Waals surface area contributed by atoms with Gasteiger partial charge in [0.15, 0.2) is 0 Å². The third-order valence-electron chi connectivity index (χ3n) is 14.0. The maximum absolute atomic E-state index is 2.59. The summed E-state index contributed by atoms with van der Waals surface area (Å²) in [7, 11) is 0. The molecule has 2 heteroatoms. The van der Waals surface area contributed by atoms with Crippen molar-refractivity contribution in [2.24, 2.45) is 0 Å². The van der Waals surface area contributed by atoms with Gasteiger partial charge in [-0.2, -0.15) is 0 Å². The summed E-state index contributed by atoms with van der Waals surface area (Å²) in [6.45, 7) is 4.77. The summed E-state index contributed by atoms with van der Waals surface area (Å²) in [5, 5.41) is 2.46. The van der Waals surface area contributed by atoms with Crippen molar-refractivity contribution in [3.63, 3.8) is 0 Å². The molecule has 1 spiro atoms. The van der Waals surface area contributed by atoms with E-state index >= 15 is 0 Å². The number of aromatic nitrogens is 1. The van der Waals surface area contributed by atoms with Crippen LogP contribution in [0.1, 0.15) is 47.2 Å². The van der Waals surface area contributed by atoms with E-state index in [4.69, 9.17) is 0 Å². The monoisotopic (exact) mass is 764 g/mol. The van der Waals surface area contributed by atoms with E-state index in [2.05, 4.69) is 230 Å². The van der Waals surface area contributed by atoms with Crippen LogP contribution in [-0.2, 0) is 10.8 Å². The van der Waals surface area contributed by atoms with Crippen molar-refractivity contribution in [3.8, 4) is 39.1 Å². The Labute approximate surface area is 350 Å². The number of rotatable bonds is 4. The zero-order chi connectivity index (χ0) is 39.7. The molecule has 1 aromatic heterocycles. The molecule has 9 aromatic carbocycles. The second-order valence-electron chi connectivity index (χ2n) is 17.2. The summed E-state index contributed by atoms with van der Waals surface area (Å²) in [6, 6.07) is 77.2. The number of hydrogen-bond acceptors (Lipinski definition) is 1. The molecule has 0 unspecified atom stereocenters. The van der Waals surface area contributed by atoms with E-state index in [-0.39, 0.29) is 5.41 Å². The number of anilines is 3. The van der Waals surface area contributed by atoms with Crippen LogP contribution in [0.15, 0.2) is 206 Å². The van der Waals surface area contributed by atoms with Crippen LogP contribution in [0, 0.1) is 0 Å². The van der Waals surface area contributed by atoms with Gasteiger partial charge in [-0.25, -0.2) is 0 Å². The number of fused-ring (bicyclic) bond motifs is 16. The largest absolute Gasteiger partial charge is 0.309 e. The van der Waals surface area contributed by atoms with Crippen LogP contribution in [0.5, 0.6) is 0 Å². The van der Waals surface area contributed by atoms with Gasteiger partial charge < -0.3 is 9.47 Å². The second-order valence-corrected chi connectivity index (χ2v) is 17.2. The van der Waals surface area contributed by atoms with Gasteiger partial charge in [0.2, 0.25) is 0 Å². The molecule has 10 aromatic rings. The van der Waals surface area contributed by atoms with Crippen molar-refractivity contribution in [1.29, 1.82) is 0 Å². The molecule has 0 saturated carbocycles. The van der Waals surface area contributed by atoms with Gasteiger partial charge in [0, 0.05) is 33.1 Å². The molecule has 0 amide bonds. The van der Waals surface area contributed by atoms with Gasteiger partial charge in [0.1, 0.15) is 0 Å². The van der Waals surface area contributed by atoms with Gasteiger partial charge >= 0.3 is 0 Å². The Balaban J connectivity index is 1.15. The van der Waals surface area contributed by atoms with Gasteiger partial charge in [-0.1, -0.05) is 172 Å². The fraction of sp³-hybridized carbons (Fsp3) is 0.0690. The van der Waals surface area contributed by atoms with Gasteiger partial charge in [-0.3, -0.25) is 0 Å². The van der Waals surface area contributed by atoms with Crippen molar-refractivity contribution >= 4 is 38.9 Å². The standard InChI is InChI=1S/C58H40N2/c1-57(2)45-25-11-6-20-39(45)42-35-34-38(36-50(42)57)60(54-33-17-32-53-56(54)44-24-10-15-30-51(44)59(53)37-18-4-3-5-19-37)52-31-16-29-49-55(52)43-23-9-14-28-48(43)58(49)46-26-12-7-21-40(46)41-22-8-13-27-47(41)58/h3-36H,1-2H3. The number of para-hydroxylation sites is 2. The summed E-state index contributed by atoms with van der Waals surface area (Å²) >= 11 is 0. The van der Waals surface area contributed by atoms with E-state index in [0.29, 0.717) is 0 Å². The fourth-order valence-electron chi connectivity index (χ4n) is 11.6. The van der Waals surface area contributed by atoms with E-state index in [1.54, 1.807) is 0 Å². The van der Waals surface area contributed by atoms with E-state index < -0.39 is 5.41 Å². The Hall–Kier alpha value is -7.42. The lowest BCUT2D eigenvalue weighted by molar-refractivity contribution is 0.660. The summed E-state index contributed by atoms with van der Waals surface area (Å²) < 4.78 is 2.43. The molecule has 0 saturated heterocycles. The molecule has 60 heavy (non-hydrogen) atoms. The fourth-order valence-corrected chi connectivity index (χ4v) is 11.6. The van der Waals surface area contributed by atoms with Gasteiger partial charge in [-0.15, -0.1) is 0 Å². The molecule has 2 nitrogen and oxygen atoms in total. The minimum Gasteiger partial charge on any atom is -0.309 e. The Morgan fingerprint density at radius 2 is 0.900 bits per heavy atom. The highest BCUT2D eigenvalue weighted by Crippen LogP contribution is 2.65. The molecule has 282 valence electrons. The van der Waals surface area contributed by atoms with Crippen molar-refractivity contribution in [3.05, 3.63) is 240 Å². The van der Waals surface area contributed by atoms with Crippen LogP contribution in [0.3, 0.4) is 0 Å². The highest BCUT2D eigenvalue weighted by molar-refractivity contribution is 6.17. The highest BCUT2D eigenvalue weighted by Gasteiger charge is 2.52. The van der Waals surface area contributed by atoms with E-state index in [1.807, 2.05) is 0 Å². The van der Waals surface area contributed by atoms with Crippen molar-refractivity contribution < 1.29 is 0 Å². The average Bonchev–Trinajstić information content (AvgIpc) is 3.98. The first-order valence-electron chi connectivity index (χ1n) is 21.1. The first kappa shape index (κ1) is 33.5. The molecular formula is C58H40N2. The minimum atomic E-state index is -0.447. The molecule has 0 aliphatic heterocycles. The third kappa shape index (κ3) is 4.17. The number of nitrogens with zero attached hydrogens (tertiary/aromatic N) is 2. The molecule has 1 heterocycles. The topological polar surface area (TPSA) is 8.17 Å². The van der Waals surface area contributed by atoms with Crippen LogP contribution >= 0.6 is 0 Å². The SMILES string of the molecule is CC1(C)c2ccccc2-c2ccc(N(c3cccc4c3-c3ccccc3C43c4ccccc4-c4ccccc43)c3cccc4c3c3ccccc3n4-c3ccccc3)cc21. The molecule has 0 atom stereocenters. The van der Waals surface area contributed by atoms with E-state index in [0.717, 1.165) is 17.1 Å². The van der Waals surface area contributed by atoms with Crippen LogP contribution in [0.2, 0.25) is 0 Å². The lowest BCUT2D eigenvalue weighted by atomic mass is 9.70. The Kier molecular flexibility index (Phi) is 6.74. The first-order valence-corrected chi connectivity index (χ1v) is 21.1. The Bertz CT molecular complexity index is 3370. The smallest absolute Gasteiger partial charge is 0.0726 e. The Morgan fingerprint density at radius 1 is 0.383 bits per heavy atom. The predicted octanol–water partition coefficient (Wildman–Crippen LogP) is 14.9. The quantitative estimate of drug-likeness (QED) is 0.173. The maximum atomic E-state index is 2.59. The van der Waals surface area contributed by atoms with Gasteiger partial charge in [-0.05, 0) is 110 Å². The second kappa shape index (κ2) is 12.1. The van der Waals surface area contributed by atoms with Gasteiger partial charge in [0.05, 0.1) is 27.8 Å². The number of benzene rings is 9. The summed E-state index contributed by atoms with van der Waals surface area (Å²) in [5.74, 6) is 0. The van der Waals surface area contributed by atoms with Crippen molar-refractivity contribution in [1.82, 2.24) is 4.57 Å². The minimum absolute atomic E-state index is 0.157. The van der Waals surface area contributed by atoms with Crippen LogP contribution < -0.4 is 4.90 Å². The Morgan fingerprint density at radius 3 is 1.63 bits per heavy atom. The predicted molar refractivity (Wildman–Crippen MR) is 249 cm³/mol. The zero-order valence-electron chi connectivity index (χ0n) is 33.5. The molecule has 0 radical (unpaired) electrons. The van der Waals surface area contributed by atoms with Crippen LogP contribution in [-0.4, -0.2) is 4.57 Å². The summed E-state index contributed by atoms with van der Waals surface area (Å²) in [6.07, 6.45) is 0. The zero-order valence-corrected chi connectivity index (χ0v) is 33.5. The summed E-state index contributed by atoms with van der Waals surface area (Å²) in [4.78, 5) is 2.59. The normalized spacial score (nSPS) is 14.4. The molecule has 0 N–H and O–H groups in total. The maximum Gasteiger partial charge on any atom is 0.0726 e. The van der Waals surface area contributed by atoms with E-state index in [9.17, 15) is 0 Å². The molecule has 0 fully saturated rings. The molecule has 13 rings (SSSR count). The lowest BCUT2D eigenvalue weighted by Crippen LogP contribution is -2.26. The molecule has 3 aliphatic carbocycles. The van der Waals surface area contributed by atoms with E-state index in [1.165, 1.54) is 94.3 Å². The highest BCUT2D eigenvalue weighted by atomic mass is 15.2. The molecular weight excluding hydrogens is 725 g/mol. The summed E-state index contributed by atoms with van der Waals surface area (Å²) in [5.41, 5.74) is 22.4. The lowest BCUT2D eigenvalue weighted by Gasteiger charge is -2.32. The van der Waals surface area contributed by atoms with Gasteiger partial charge in [0.25, 0.3) is 0 Å². The third-order valence-corrected chi connectivity index (χ3v) is 14.0. The van der Waals surface area contributed by atoms with Crippen molar-refractivity contribution in [2.75, 3.05) is 4.90 Å². The number of hydrogen-bond donors (Lipinski definition) is 0. The molecule has 0 bridgehead atoms. The first-order chi connectivity index (χ1) is 29.6. The van der Waals surface area contributed by atoms with Crippen LogP contribution in [0.25, 0.3) is 60.9 Å². The average molecular weight is 765 g/mol. The van der Waals surface area contributed by atoms with Crippen molar-refractivity contribution in [2.45, 2.75) is 24.7 Å². The van der Waals surface area contributed by atoms with Crippen LogP contribution in [0.4, 0.5) is 17.1 Å². The molecule has 3 aliphatic rings.